The largest absolute Gasteiger partial charge is 0.399 e. The van der Waals surface area contributed by atoms with Gasteiger partial charge in [-0.15, -0.1) is 0 Å². The molecule has 3 fully saturated rings. The highest BCUT2D eigenvalue weighted by molar-refractivity contribution is 5.95. The fourth-order valence-corrected chi connectivity index (χ4v) is 4.93. The van der Waals surface area contributed by atoms with Crippen LogP contribution in [0.1, 0.15) is 42.5 Å². The summed E-state index contributed by atoms with van der Waals surface area (Å²) in [5, 5.41) is 3.36. The molecule has 146 valence electrons. The highest BCUT2D eigenvalue weighted by Gasteiger charge is 2.49. The van der Waals surface area contributed by atoms with E-state index in [4.69, 9.17) is 5.73 Å². The van der Waals surface area contributed by atoms with Gasteiger partial charge in [0.25, 0.3) is 5.91 Å². The molecule has 6 heteroatoms. The topological polar surface area (TPSA) is 78.7 Å². The van der Waals surface area contributed by atoms with Crippen LogP contribution in [-0.4, -0.2) is 60.9 Å². The van der Waals surface area contributed by atoms with E-state index in [0.717, 1.165) is 71.4 Å². The van der Waals surface area contributed by atoms with Gasteiger partial charge in [0.15, 0.2) is 0 Å². The third-order valence-corrected chi connectivity index (χ3v) is 6.60. The zero-order chi connectivity index (χ0) is 18.9. The molecule has 3 N–H and O–H groups in total. The summed E-state index contributed by atoms with van der Waals surface area (Å²) < 4.78 is 0. The van der Waals surface area contributed by atoms with E-state index in [-0.39, 0.29) is 17.2 Å². The van der Waals surface area contributed by atoms with Gasteiger partial charge in [-0.1, -0.05) is 6.07 Å². The van der Waals surface area contributed by atoms with Crippen molar-refractivity contribution in [3.63, 3.8) is 0 Å². The first-order valence-electron chi connectivity index (χ1n) is 10.2. The van der Waals surface area contributed by atoms with E-state index in [1.807, 2.05) is 17.0 Å². The van der Waals surface area contributed by atoms with Crippen molar-refractivity contribution >= 4 is 17.5 Å². The zero-order valence-electron chi connectivity index (χ0n) is 16.0. The van der Waals surface area contributed by atoms with Crippen LogP contribution in [0.25, 0.3) is 0 Å². The summed E-state index contributed by atoms with van der Waals surface area (Å²) in [4.78, 5) is 29.4. The number of nitrogens with two attached hydrogens (primary N) is 1. The van der Waals surface area contributed by atoms with E-state index in [2.05, 4.69) is 10.2 Å². The SMILES string of the molecule is Nc1cccc(C(=O)N2CCC3(CC2)CC(C(=O)N2CCCNCC2)C3)c1. The van der Waals surface area contributed by atoms with Gasteiger partial charge in [-0.25, -0.2) is 0 Å². The van der Waals surface area contributed by atoms with Gasteiger partial charge in [0.2, 0.25) is 5.91 Å². The zero-order valence-corrected chi connectivity index (χ0v) is 16.0. The molecule has 1 saturated carbocycles. The number of nitrogen functional groups attached to an aromatic ring is 1. The molecule has 4 rings (SSSR count). The van der Waals surface area contributed by atoms with Gasteiger partial charge in [0.05, 0.1) is 0 Å². The van der Waals surface area contributed by atoms with E-state index >= 15 is 0 Å². The number of benzene rings is 1. The van der Waals surface area contributed by atoms with Gasteiger partial charge in [0, 0.05) is 49.9 Å². The molecule has 2 amide bonds. The lowest BCUT2D eigenvalue weighted by Crippen LogP contribution is -2.53. The van der Waals surface area contributed by atoms with E-state index < -0.39 is 0 Å². The molecule has 1 aliphatic carbocycles. The van der Waals surface area contributed by atoms with Gasteiger partial charge < -0.3 is 20.9 Å². The Labute approximate surface area is 161 Å². The highest BCUT2D eigenvalue weighted by Crippen LogP contribution is 2.53. The van der Waals surface area contributed by atoms with Gasteiger partial charge >= 0.3 is 0 Å². The minimum Gasteiger partial charge on any atom is -0.399 e. The van der Waals surface area contributed by atoms with Crippen molar-refractivity contribution in [2.75, 3.05) is 45.0 Å². The molecular weight excluding hydrogens is 340 g/mol. The maximum atomic E-state index is 12.8. The Hall–Kier alpha value is -2.08. The molecule has 2 saturated heterocycles. The molecule has 1 spiro atoms. The minimum absolute atomic E-state index is 0.0705. The fourth-order valence-electron chi connectivity index (χ4n) is 4.93. The minimum atomic E-state index is 0.0705. The first-order chi connectivity index (χ1) is 13.1. The predicted octanol–water partition coefficient (Wildman–Crippen LogP) is 1.72. The van der Waals surface area contributed by atoms with Crippen LogP contribution in [0, 0.1) is 11.3 Å². The average molecular weight is 370 g/mol. The summed E-state index contributed by atoms with van der Waals surface area (Å²) in [6.45, 7) is 5.20. The molecule has 0 bridgehead atoms. The Balaban J connectivity index is 1.29. The molecule has 27 heavy (non-hydrogen) atoms. The van der Waals surface area contributed by atoms with Crippen LogP contribution in [0.4, 0.5) is 5.69 Å². The van der Waals surface area contributed by atoms with Crippen LogP contribution in [0.3, 0.4) is 0 Å². The smallest absolute Gasteiger partial charge is 0.253 e. The first kappa shape index (κ1) is 18.3. The van der Waals surface area contributed by atoms with Crippen LogP contribution < -0.4 is 11.1 Å². The second-order valence-electron chi connectivity index (χ2n) is 8.45. The normalized spacial score (nSPS) is 23.0. The molecule has 1 aromatic carbocycles. The lowest BCUT2D eigenvalue weighted by atomic mass is 9.57. The van der Waals surface area contributed by atoms with Crippen molar-refractivity contribution < 1.29 is 9.59 Å². The van der Waals surface area contributed by atoms with Crippen LogP contribution in [-0.2, 0) is 4.79 Å². The lowest BCUT2D eigenvalue weighted by Gasteiger charge is -2.52. The quantitative estimate of drug-likeness (QED) is 0.777. The molecule has 3 aliphatic rings. The van der Waals surface area contributed by atoms with Gasteiger partial charge in [-0.2, -0.15) is 0 Å². The van der Waals surface area contributed by atoms with Crippen molar-refractivity contribution in [2.45, 2.75) is 32.1 Å². The Kier molecular flexibility index (Phi) is 5.08. The number of nitrogens with zero attached hydrogens (tertiary/aromatic N) is 2. The molecule has 0 unspecified atom stereocenters. The Bertz CT molecular complexity index is 696. The van der Waals surface area contributed by atoms with Gasteiger partial charge in [-0.3, -0.25) is 9.59 Å². The molecular formula is C21H30N4O2. The molecule has 6 nitrogen and oxygen atoms in total. The number of amides is 2. The number of hydrogen-bond donors (Lipinski definition) is 2. The Morgan fingerprint density at radius 3 is 2.56 bits per heavy atom. The maximum Gasteiger partial charge on any atom is 0.253 e. The predicted molar refractivity (Wildman–Crippen MR) is 105 cm³/mol. The summed E-state index contributed by atoms with van der Waals surface area (Å²) in [5.41, 5.74) is 7.37. The van der Waals surface area contributed by atoms with E-state index in [0.29, 0.717) is 17.2 Å². The summed E-state index contributed by atoms with van der Waals surface area (Å²) in [6, 6.07) is 7.21. The van der Waals surface area contributed by atoms with Crippen molar-refractivity contribution in [1.29, 1.82) is 0 Å². The number of piperidine rings is 1. The highest BCUT2D eigenvalue weighted by atomic mass is 16.2. The van der Waals surface area contributed by atoms with Crippen LogP contribution >= 0.6 is 0 Å². The number of rotatable bonds is 2. The van der Waals surface area contributed by atoms with Crippen LogP contribution in [0.2, 0.25) is 0 Å². The van der Waals surface area contributed by atoms with Crippen molar-refractivity contribution in [3.8, 4) is 0 Å². The third kappa shape index (κ3) is 3.81. The first-order valence-corrected chi connectivity index (χ1v) is 10.2. The molecule has 0 aromatic heterocycles. The number of carbonyl (C=O) groups excluding carboxylic acids is 2. The lowest BCUT2D eigenvalue weighted by molar-refractivity contribution is -0.145. The number of hydrogen-bond acceptors (Lipinski definition) is 4. The second kappa shape index (κ2) is 7.50. The molecule has 0 atom stereocenters. The summed E-state index contributed by atoms with van der Waals surface area (Å²) in [7, 11) is 0. The number of carbonyl (C=O) groups is 2. The molecule has 0 radical (unpaired) electrons. The monoisotopic (exact) mass is 370 g/mol. The summed E-state index contributed by atoms with van der Waals surface area (Å²) in [5.74, 6) is 0.614. The maximum absolute atomic E-state index is 12.8. The van der Waals surface area contributed by atoms with E-state index in [9.17, 15) is 9.59 Å². The van der Waals surface area contributed by atoms with Crippen LogP contribution in [0.15, 0.2) is 24.3 Å². The number of nitrogens with one attached hydrogen (secondary N) is 1. The molecule has 1 aromatic rings. The van der Waals surface area contributed by atoms with Crippen molar-refractivity contribution in [2.24, 2.45) is 11.3 Å². The molecule has 2 heterocycles. The second-order valence-corrected chi connectivity index (χ2v) is 8.45. The van der Waals surface area contributed by atoms with Crippen molar-refractivity contribution in [3.05, 3.63) is 29.8 Å². The summed E-state index contributed by atoms with van der Waals surface area (Å²) in [6.07, 6.45) is 5.05. The summed E-state index contributed by atoms with van der Waals surface area (Å²) >= 11 is 0. The van der Waals surface area contributed by atoms with E-state index in [1.165, 1.54) is 0 Å². The Morgan fingerprint density at radius 1 is 1.04 bits per heavy atom. The average Bonchev–Trinajstić information content (AvgIpc) is 2.94. The Morgan fingerprint density at radius 2 is 1.81 bits per heavy atom. The fraction of sp³-hybridized carbons (Fsp3) is 0.619. The van der Waals surface area contributed by atoms with E-state index in [1.54, 1.807) is 12.1 Å². The number of anilines is 1. The van der Waals surface area contributed by atoms with Crippen molar-refractivity contribution in [1.82, 2.24) is 15.1 Å². The van der Waals surface area contributed by atoms with Gasteiger partial charge in [-0.05, 0) is 62.3 Å². The molecule has 2 aliphatic heterocycles. The number of likely N-dealkylation sites (tertiary alicyclic amines) is 1. The van der Waals surface area contributed by atoms with Crippen LogP contribution in [0.5, 0.6) is 0 Å². The van der Waals surface area contributed by atoms with Gasteiger partial charge in [0.1, 0.15) is 0 Å². The standard InChI is InChI=1S/C21H30N4O2/c22-18-4-1-3-16(13-18)19(26)25-10-5-21(6-11-25)14-17(15-21)20(27)24-9-2-7-23-8-12-24/h1,3-4,13,17,23H,2,5-12,14-15,22H2. The third-order valence-electron chi connectivity index (χ3n) is 6.60.